The Hall–Kier alpha value is -1.73. The van der Waals surface area contributed by atoms with Crippen molar-refractivity contribution in [3.63, 3.8) is 0 Å². The summed E-state index contributed by atoms with van der Waals surface area (Å²) < 4.78 is 20.2. The number of thiol groups is 1. The van der Waals surface area contributed by atoms with Crippen LogP contribution in [-0.2, 0) is 6.61 Å². The van der Waals surface area contributed by atoms with E-state index in [2.05, 4.69) is 17.9 Å². The number of carbonyl (C=O) groups excluding carboxylic acids is 1. The second-order valence-corrected chi connectivity index (χ2v) is 4.15. The first-order valence-electron chi connectivity index (χ1n) is 5.18. The van der Waals surface area contributed by atoms with Gasteiger partial charge >= 0.3 is 0 Å². The minimum Gasteiger partial charge on any atom is -0.472 e. The Bertz CT molecular complexity index is 605. The minimum atomic E-state index is -0.598. The Kier molecular flexibility index (Phi) is 4.28. The van der Waals surface area contributed by atoms with Crippen molar-refractivity contribution in [3.8, 4) is 5.88 Å². The molecule has 1 heterocycles. The molecule has 2 rings (SSSR count). The van der Waals surface area contributed by atoms with Gasteiger partial charge in [-0.05, 0) is 24.9 Å². The summed E-state index contributed by atoms with van der Waals surface area (Å²) in [7, 11) is 0. The van der Waals surface area contributed by atoms with Crippen molar-refractivity contribution in [1.29, 1.82) is 0 Å². The van der Waals surface area contributed by atoms with Crippen molar-refractivity contribution in [3.05, 3.63) is 47.4 Å². The molecule has 0 fully saturated rings. The van der Waals surface area contributed by atoms with Crippen LogP contribution in [0.15, 0.2) is 30.5 Å². The highest BCUT2D eigenvalue weighted by Crippen LogP contribution is 2.17. The number of benzene rings is 1. The second-order valence-electron chi connectivity index (χ2n) is 3.55. The zero-order valence-electron chi connectivity index (χ0n) is 9.51. The number of hydrogen-bond acceptors (Lipinski definition) is 4. The van der Waals surface area contributed by atoms with E-state index in [1.807, 2.05) is 4.84 Å². The van der Waals surface area contributed by atoms with Gasteiger partial charge in [0.2, 0.25) is 5.88 Å². The Labute approximate surface area is 119 Å². The van der Waals surface area contributed by atoms with Crippen LogP contribution in [0.4, 0.5) is 4.39 Å². The van der Waals surface area contributed by atoms with E-state index in [4.69, 9.17) is 16.5 Å². The lowest BCUT2D eigenvalue weighted by Gasteiger charge is -2.09. The van der Waals surface area contributed by atoms with E-state index in [0.29, 0.717) is 0 Å². The van der Waals surface area contributed by atoms with E-state index >= 15 is 0 Å². The van der Waals surface area contributed by atoms with Crippen LogP contribution in [0.5, 0.6) is 5.88 Å². The van der Waals surface area contributed by atoms with Crippen molar-refractivity contribution in [2.24, 2.45) is 0 Å². The molecule has 0 atom stereocenters. The summed E-state index contributed by atoms with van der Waals surface area (Å²) in [6.45, 7) is -0.142. The zero-order chi connectivity index (χ0) is 13.8. The molecule has 0 saturated carbocycles. The van der Waals surface area contributed by atoms with Gasteiger partial charge in [-0.2, -0.15) is 0 Å². The molecule has 5 nitrogen and oxygen atoms in total. The van der Waals surface area contributed by atoms with Crippen molar-refractivity contribution in [2.75, 3.05) is 0 Å². The van der Waals surface area contributed by atoms with Gasteiger partial charge in [0, 0.05) is 29.6 Å². The maximum atomic E-state index is 13.7. The molecule has 0 spiro atoms. The quantitative estimate of drug-likeness (QED) is 0.672. The molecule has 2 aromatic rings. The third kappa shape index (κ3) is 3.18. The largest absolute Gasteiger partial charge is 0.472 e. The van der Waals surface area contributed by atoms with Gasteiger partial charge < -0.3 is 4.74 Å². The molecule has 1 amide bonds. The highest BCUT2D eigenvalue weighted by molar-refractivity contribution is 7.78. The monoisotopic (exact) mass is 301 g/mol. The first-order chi connectivity index (χ1) is 9.11. The Morgan fingerprint density at radius 1 is 1.53 bits per heavy atom. The molecule has 0 radical (unpaired) electrons. The Morgan fingerprint density at radius 3 is 2.95 bits per heavy atom. The zero-order valence-corrected chi connectivity index (χ0v) is 11.2. The average Bonchev–Trinajstić information content (AvgIpc) is 2.82. The van der Waals surface area contributed by atoms with Crippen LogP contribution >= 0.6 is 24.6 Å². The normalized spacial score (nSPS) is 10.3. The van der Waals surface area contributed by atoms with E-state index in [1.165, 1.54) is 22.3 Å². The average molecular weight is 302 g/mol. The number of aromatic nitrogens is 2. The molecule has 1 aromatic heterocycles. The first kappa shape index (κ1) is 13.7. The third-order valence-corrected chi connectivity index (χ3v) is 2.76. The number of halogens is 2. The maximum Gasteiger partial charge on any atom is 0.266 e. The van der Waals surface area contributed by atoms with E-state index < -0.39 is 11.7 Å². The summed E-state index contributed by atoms with van der Waals surface area (Å²) in [6.07, 6.45) is 1.56. The van der Waals surface area contributed by atoms with Crippen LogP contribution in [0, 0.1) is 5.82 Å². The fraction of sp³-hybridized carbons (Fsp3) is 0.0909. The molecule has 0 bridgehead atoms. The van der Waals surface area contributed by atoms with Crippen LogP contribution in [0.3, 0.4) is 0 Å². The van der Waals surface area contributed by atoms with Gasteiger partial charge in [-0.3, -0.25) is 9.63 Å². The molecule has 0 unspecified atom stereocenters. The molecule has 0 saturated heterocycles. The fourth-order valence-corrected chi connectivity index (χ4v) is 1.75. The van der Waals surface area contributed by atoms with Gasteiger partial charge in [0.1, 0.15) is 12.4 Å². The number of amides is 1. The molecule has 0 aliphatic rings. The van der Waals surface area contributed by atoms with Gasteiger partial charge in [-0.25, -0.2) is 8.48 Å². The van der Waals surface area contributed by atoms with E-state index in [1.54, 1.807) is 12.3 Å². The number of rotatable bonds is 4. The van der Waals surface area contributed by atoms with E-state index in [0.717, 1.165) is 0 Å². The number of nitrogens with one attached hydrogen (secondary N) is 1. The van der Waals surface area contributed by atoms with Crippen LogP contribution in [0.2, 0.25) is 0 Å². The first-order valence-corrected chi connectivity index (χ1v) is 5.95. The second kappa shape index (κ2) is 5.94. The SMILES string of the molecule is O=C(NCl)c1cccc(F)c1COc1ccn(S)n1. The third-order valence-electron chi connectivity index (χ3n) is 2.37. The molecule has 1 N–H and O–H groups in total. The summed E-state index contributed by atoms with van der Waals surface area (Å²) in [5, 5.41) is 3.86. The van der Waals surface area contributed by atoms with E-state index in [-0.39, 0.29) is 23.6 Å². The van der Waals surface area contributed by atoms with Gasteiger partial charge in [0.15, 0.2) is 0 Å². The summed E-state index contributed by atoms with van der Waals surface area (Å²) in [5.74, 6) is -0.877. The Balaban J connectivity index is 2.21. The summed E-state index contributed by atoms with van der Waals surface area (Å²) in [4.78, 5) is 13.4. The molecule has 0 aliphatic carbocycles. The van der Waals surface area contributed by atoms with Crippen LogP contribution in [-0.4, -0.2) is 15.1 Å². The highest BCUT2D eigenvalue weighted by Gasteiger charge is 2.15. The van der Waals surface area contributed by atoms with Crippen LogP contribution in [0.1, 0.15) is 15.9 Å². The van der Waals surface area contributed by atoms with Gasteiger partial charge in [0.25, 0.3) is 5.91 Å². The number of ether oxygens (including phenoxy) is 1. The fourth-order valence-electron chi connectivity index (χ4n) is 1.49. The van der Waals surface area contributed by atoms with Crippen LogP contribution in [0.25, 0.3) is 0 Å². The predicted molar refractivity (Wildman–Crippen MR) is 70.7 cm³/mol. The maximum absolute atomic E-state index is 13.7. The van der Waals surface area contributed by atoms with Crippen molar-refractivity contribution >= 4 is 30.5 Å². The molecular formula is C11H9ClFN3O2S. The molecular weight excluding hydrogens is 293 g/mol. The summed E-state index contributed by atoms with van der Waals surface area (Å²) in [6, 6.07) is 5.68. The lowest BCUT2D eigenvalue weighted by Crippen LogP contribution is -2.17. The Morgan fingerprint density at radius 2 is 2.32 bits per heavy atom. The topological polar surface area (TPSA) is 56.1 Å². The standard InChI is InChI=1S/C11H9ClFN3O2S/c12-14-11(17)7-2-1-3-9(13)8(7)6-18-10-4-5-16(19)15-10/h1-5,19H,6H2,(H,14,17). The molecule has 1 aromatic carbocycles. The van der Waals surface area contributed by atoms with E-state index in [9.17, 15) is 9.18 Å². The van der Waals surface area contributed by atoms with Gasteiger partial charge in [0.05, 0.1) is 5.56 Å². The molecule has 0 aliphatic heterocycles. The molecule has 19 heavy (non-hydrogen) atoms. The highest BCUT2D eigenvalue weighted by atomic mass is 35.5. The molecule has 8 heteroatoms. The number of hydrogen-bond donors (Lipinski definition) is 2. The lowest BCUT2D eigenvalue weighted by atomic mass is 10.1. The van der Waals surface area contributed by atoms with Gasteiger partial charge in [-0.1, -0.05) is 6.07 Å². The minimum absolute atomic E-state index is 0.106. The van der Waals surface area contributed by atoms with Crippen LogP contribution < -0.4 is 9.57 Å². The lowest BCUT2D eigenvalue weighted by molar-refractivity contribution is 0.0978. The van der Waals surface area contributed by atoms with Crippen molar-refractivity contribution in [2.45, 2.75) is 6.61 Å². The van der Waals surface area contributed by atoms with Gasteiger partial charge in [-0.15, -0.1) is 5.10 Å². The summed E-state index contributed by atoms with van der Waals surface area (Å²) in [5.41, 5.74) is 0.217. The van der Waals surface area contributed by atoms with Crippen molar-refractivity contribution < 1.29 is 13.9 Å². The number of nitrogens with zero attached hydrogens (tertiary/aromatic N) is 2. The number of carbonyl (C=O) groups is 1. The summed E-state index contributed by atoms with van der Waals surface area (Å²) >= 11 is 9.19. The van der Waals surface area contributed by atoms with Crippen molar-refractivity contribution in [1.82, 2.24) is 14.0 Å². The smallest absolute Gasteiger partial charge is 0.266 e. The predicted octanol–water partition coefficient (Wildman–Crippen LogP) is 2.18. The molecule has 100 valence electrons.